The molecule has 0 aromatic heterocycles. The monoisotopic (exact) mass is 620 g/mol. The molecule has 1 saturated heterocycles. The highest BCUT2D eigenvalue weighted by Gasteiger charge is 2.72. The average molecular weight is 621 g/mol. The van der Waals surface area contributed by atoms with Gasteiger partial charge in [0, 0.05) is 0 Å². The van der Waals surface area contributed by atoms with Gasteiger partial charge in [0.1, 0.15) is 24.4 Å². The number of ether oxygens (including phenoxy) is 2. The Bertz CT molecular complexity index is 1100. The van der Waals surface area contributed by atoms with Crippen LogP contribution in [-0.2, 0) is 9.47 Å². The second kappa shape index (κ2) is 12.0. The van der Waals surface area contributed by atoms with Crippen molar-refractivity contribution in [3.05, 3.63) is 23.8 Å². The van der Waals surface area contributed by atoms with Crippen LogP contribution in [0.4, 0.5) is 0 Å². The van der Waals surface area contributed by atoms with Gasteiger partial charge < -0.3 is 40.1 Å². The lowest BCUT2D eigenvalue weighted by atomic mass is 9.34. The third-order valence-corrected chi connectivity index (χ3v) is 13.9. The fourth-order valence-electron chi connectivity index (χ4n) is 11.6. The van der Waals surface area contributed by atoms with Gasteiger partial charge in [-0.3, -0.25) is 0 Å². The molecule has 5 fully saturated rings. The SMILES string of the molecule is C=C(CCC=C(C)C)[C@H]1CC[C@]2(C)[C@@H]1[C@H](O)C[C@@H]1[C@@]3(C)CC[C@@H](O)C(C)(C)[C@H]3[C@@H](O[C@H]3O[C@H](CO)[C@@H](O)[C@H](O)[C@H]3O)C[C@]12C. The fraction of sp³-hybridized carbons (Fsp3) is 0.889. The van der Waals surface area contributed by atoms with E-state index < -0.39 is 61.0 Å². The number of aliphatic hydroxyl groups is 6. The summed E-state index contributed by atoms with van der Waals surface area (Å²) in [5, 5.41) is 65.2. The van der Waals surface area contributed by atoms with Gasteiger partial charge in [0.2, 0.25) is 0 Å². The first-order valence-electron chi connectivity index (χ1n) is 17.1. The molecular formula is C36H60O8. The van der Waals surface area contributed by atoms with Crippen LogP contribution in [0.1, 0.15) is 99.8 Å². The topological polar surface area (TPSA) is 140 Å². The Labute approximate surface area is 264 Å². The highest BCUT2D eigenvalue weighted by atomic mass is 16.7. The molecule has 0 unspecified atom stereocenters. The van der Waals surface area contributed by atoms with Crippen LogP contribution in [0, 0.1) is 45.3 Å². The van der Waals surface area contributed by atoms with Crippen molar-refractivity contribution in [2.45, 2.75) is 149 Å². The third kappa shape index (κ3) is 5.18. The number of allylic oxidation sites excluding steroid dienone is 3. The van der Waals surface area contributed by atoms with Crippen molar-refractivity contribution in [2.24, 2.45) is 45.3 Å². The van der Waals surface area contributed by atoms with E-state index in [1.807, 2.05) is 0 Å². The first-order valence-corrected chi connectivity index (χ1v) is 17.1. The quantitative estimate of drug-likeness (QED) is 0.185. The van der Waals surface area contributed by atoms with Gasteiger partial charge in [-0.15, -0.1) is 0 Å². The van der Waals surface area contributed by atoms with Gasteiger partial charge in [-0.05, 0) is 111 Å². The summed E-state index contributed by atoms with van der Waals surface area (Å²) in [5.74, 6) is 0.402. The van der Waals surface area contributed by atoms with Gasteiger partial charge in [-0.25, -0.2) is 0 Å². The summed E-state index contributed by atoms with van der Waals surface area (Å²) in [6.45, 7) is 19.5. The second-order valence-electron chi connectivity index (χ2n) is 16.8. The predicted octanol–water partition coefficient (Wildman–Crippen LogP) is 4.10. The molecular weight excluding hydrogens is 560 g/mol. The molecule has 0 aromatic carbocycles. The zero-order chi connectivity index (χ0) is 32.6. The number of hydrogen-bond acceptors (Lipinski definition) is 8. The number of hydrogen-bond donors (Lipinski definition) is 6. The van der Waals surface area contributed by atoms with Crippen LogP contribution < -0.4 is 0 Å². The largest absolute Gasteiger partial charge is 0.394 e. The molecule has 1 aliphatic heterocycles. The van der Waals surface area contributed by atoms with E-state index in [1.54, 1.807) is 0 Å². The van der Waals surface area contributed by atoms with Crippen molar-refractivity contribution in [3.63, 3.8) is 0 Å². The summed E-state index contributed by atoms with van der Waals surface area (Å²) in [5.41, 5.74) is 1.32. The molecule has 15 atom stereocenters. The van der Waals surface area contributed by atoms with E-state index in [2.05, 4.69) is 61.1 Å². The van der Waals surface area contributed by atoms with E-state index in [1.165, 1.54) is 11.1 Å². The minimum atomic E-state index is -1.52. The Kier molecular flexibility index (Phi) is 9.40. The summed E-state index contributed by atoms with van der Waals surface area (Å²) in [6.07, 6.45) is 0.758. The Morgan fingerprint density at radius 1 is 0.932 bits per heavy atom. The number of rotatable bonds is 7. The van der Waals surface area contributed by atoms with Crippen LogP contribution in [0.2, 0.25) is 0 Å². The van der Waals surface area contributed by atoms with Crippen molar-refractivity contribution in [1.82, 2.24) is 0 Å². The predicted molar refractivity (Wildman–Crippen MR) is 168 cm³/mol. The Morgan fingerprint density at radius 2 is 1.61 bits per heavy atom. The van der Waals surface area contributed by atoms with Gasteiger partial charge in [0.25, 0.3) is 0 Å². The van der Waals surface area contributed by atoms with Crippen LogP contribution in [0.25, 0.3) is 0 Å². The van der Waals surface area contributed by atoms with Gasteiger partial charge in [-0.1, -0.05) is 58.4 Å². The lowest BCUT2D eigenvalue weighted by Gasteiger charge is -2.72. The minimum absolute atomic E-state index is 0.0817. The van der Waals surface area contributed by atoms with Crippen LogP contribution in [-0.4, -0.2) is 86.3 Å². The summed E-state index contributed by atoms with van der Waals surface area (Å²) in [4.78, 5) is 0. The lowest BCUT2D eigenvalue weighted by molar-refractivity contribution is -0.346. The molecule has 8 heteroatoms. The summed E-state index contributed by atoms with van der Waals surface area (Å²) in [7, 11) is 0. The molecule has 5 rings (SSSR count). The van der Waals surface area contributed by atoms with Gasteiger partial charge in [0.05, 0.1) is 24.9 Å². The molecule has 0 spiro atoms. The van der Waals surface area contributed by atoms with Gasteiger partial charge in [0.15, 0.2) is 6.29 Å². The van der Waals surface area contributed by atoms with E-state index in [0.29, 0.717) is 19.3 Å². The van der Waals surface area contributed by atoms with E-state index in [-0.39, 0.29) is 39.9 Å². The van der Waals surface area contributed by atoms with Crippen LogP contribution >= 0.6 is 0 Å². The van der Waals surface area contributed by atoms with Crippen molar-refractivity contribution in [2.75, 3.05) is 6.61 Å². The molecule has 8 nitrogen and oxygen atoms in total. The fourth-order valence-corrected chi connectivity index (χ4v) is 11.6. The van der Waals surface area contributed by atoms with E-state index in [0.717, 1.165) is 32.1 Å². The molecule has 1 heterocycles. The van der Waals surface area contributed by atoms with Crippen molar-refractivity contribution < 1.29 is 40.1 Å². The van der Waals surface area contributed by atoms with Crippen LogP contribution in [0.15, 0.2) is 23.8 Å². The molecule has 0 amide bonds. The highest BCUT2D eigenvalue weighted by Crippen LogP contribution is 2.76. The first-order chi connectivity index (χ1) is 20.4. The standard InChI is InChI=1S/C36H60O8/c1-19(2)10-9-11-20(3)21-12-15-35(7)27(21)22(38)16-25-34(6)14-13-26(39)33(4,5)31(34)23(17-36(25,35)8)43-32-30(42)29(41)28(40)24(18-37)44-32/h10,21-32,37-42H,3,9,11-18H2,1-2,4-8H3/t21-,22-,23+,24-,25-,26-,27+,28-,29+,30-,31-,32+,34-,35-,36-/m1/s1. The molecule has 6 N–H and O–H groups in total. The van der Waals surface area contributed by atoms with Crippen LogP contribution in [0.3, 0.4) is 0 Å². The second-order valence-corrected chi connectivity index (χ2v) is 16.8. The van der Waals surface area contributed by atoms with Gasteiger partial charge in [-0.2, -0.15) is 0 Å². The zero-order valence-electron chi connectivity index (χ0n) is 28.1. The van der Waals surface area contributed by atoms with E-state index in [4.69, 9.17) is 9.47 Å². The smallest absolute Gasteiger partial charge is 0.186 e. The van der Waals surface area contributed by atoms with Crippen LogP contribution in [0.5, 0.6) is 0 Å². The van der Waals surface area contributed by atoms with Gasteiger partial charge >= 0.3 is 0 Å². The normalized spacial score (nSPS) is 51.6. The van der Waals surface area contributed by atoms with Crippen molar-refractivity contribution in [1.29, 1.82) is 0 Å². The molecule has 252 valence electrons. The maximum absolute atomic E-state index is 12.0. The summed E-state index contributed by atoms with van der Waals surface area (Å²) >= 11 is 0. The highest BCUT2D eigenvalue weighted by molar-refractivity contribution is 5.24. The Balaban J connectivity index is 1.53. The maximum Gasteiger partial charge on any atom is 0.186 e. The molecule has 0 bridgehead atoms. The van der Waals surface area contributed by atoms with Crippen molar-refractivity contribution in [3.8, 4) is 0 Å². The first kappa shape index (κ1) is 34.5. The third-order valence-electron chi connectivity index (χ3n) is 13.9. The Hall–Kier alpha value is -0.840. The summed E-state index contributed by atoms with van der Waals surface area (Å²) < 4.78 is 12.6. The van der Waals surface area contributed by atoms with Crippen molar-refractivity contribution >= 4 is 0 Å². The molecule has 0 radical (unpaired) electrons. The summed E-state index contributed by atoms with van der Waals surface area (Å²) in [6, 6.07) is 0. The molecule has 0 aromatic rings. The molecule has 4 saturated carbocycles. The molecule has 4 aliphatic carbocycles. The molecule has 5 aliphatic rings. The number of fused-ring (bicyclic) bond motifs is 5. The maximum atomic E-state index is 12.0. The van der Waals surface area contributed by atoms with E-state index in [9.17, 15) is 30.6 Å². The lowest BCUT2D eigenvalue weighted by Crippen LogP contribution is -2.70. The number of aliphatic hydroxyl groups excluding tert-OH is 6. The average Bonchev–Trinajstić information content (AvgIpc) is 3.32. The zero-order valence-corrected chi connectivity index (χ0v) is 28.1. The Morgan fingerprint density at radius 3 is 2.25 bits per heavy atom. The van der Waals surface area contributed by atoms with E-state index >= 15 is 0 Å². The molecule has 44 heavy (non-hydrogen) atoms. The minimum Gasteiger partial charge on any atom is -0.394 e.